The van der Waals surface area contributed by atoms with Crippen LogP contribution in [0.15, 0.2) is 18.2 Å². The molecule has 0 radical (unpaired) electrons. The van der Waals surface area contributed by atoms with E-state index in [-0.39, 0.29) is 11.9 Å². The maximum atomic E-state index is 13.2. The van der Waals surface area contributed by atoms with E-state index in [2.05, 4.69) is 22.9 Å². The Balaban J connectivity index is 2.26. The van der Waals surface area contributed by atoms with Gasteiger partial charge in [-0.25, -0.2) is 0 Å². The number of halogens is 4. The summed E-state index contributed by atoms with van der Waals surface area (Å²) >= 11 is 3.19. The predicted molar refractivity (Wildman–Crippen MR) is 80.7 cm³/mol. The van der Waals surface area contributed by atoms with Gasteiger partial charge in [-0.3, -0.25) is 0 Å². The summed E-state index contributed by atoms with van der Waals surface area (Å²) in [5.74, 6) is 0.327. The van der Waals surface area contributed by atoms with Gasteiger partial charge >= 0.3 is 6.18 Å². The quantitative estimate of drug-likeness (QED) is 0.600. The highest BCUT2D eigenvalue weighted by molar-refractivity contribution is 9.08. The summed E-state index contributed by atoms with van der Waals surface area (Å²) in [6.45, 7) is 2.07. The number of hydrogen-bond acceptors (Lipinski definition) is 1. The van der Waals surface area contributed by atoms with E-state index < -0.39 is 11.7 Å². The second-order valence-electron chi connectivity index (χ2n) is 5.57. The van der Waals surface area contributed by atoms with Gasteiger partial charge in [-0.1, -0.05) is 35.3 Å². The van der Waals surface area contributed by atoms with E-state index in [1.807, 2.05) is 0 Å². The second kappa shape index (κ2) is 7.03. The zero-order valence-electron chi connectivity index (χ0n) is 12.0. The largest absolute Gasteiger partial charge is 0.490 e. The molecular weight excluding hydrogens is 345 g/mol. The van der Waals surface area contributed by atoms with E-state index in [0.29, 0.717) is 16.8 Å². The Labute approximate surface area is 132 Å². The van der Waals surface area contributed by atoms with E-state index >= 15 is 0 Å². The van der Waals surface area contributed by atoms with Crippen LogP contribution in [0.4, 0.5) is 13.2 Å². The van der Waals surface area contributed by atoms with E-state index in [9.17, 15) is 13.2 Å². The summed E-state index contributed by atoms with van der Waals surface area (Å²) in [6, 6.07) is 4.32. The van der Waals surface area contributed by atoms with Crippen LogP contribution in [0.5, 0.6) is 5.75 Å². The fourth-order valence-corrected chi connectivity index (χ4v) is 3.29. The first-order valence-corrected chi connectivity index (χ1v) is 8.50. The SMILES string of the molecule is CCC1CCCCC1Oc1ccc(CBr)cc1C(F)(F)F. The number of benzene rings is 1. The molecule has 2 rings (SSSR count). The maximum Gasteiger partial charge on any atom is 0.419 e. The fraction of sp³-hybridized carbons (Fsp3) is 0.625. The Morgan fingerprint density at radius 3 is 2.57 bits per heavy atom. The molecule has 0 amide bonds. The van der Waals surface area contributed by atoms with Crippen molar-refractivity contribution in [2.45, 2.75) is 56.6 Å². The average Bonchev–Trinajstić information content (AvgIpc) is 2.47. The molecular formula is C16H20BrF3O. The van der Waals surface area contributed by atoms with E-state index in [0.717, 1.165) is 32.1 Å². The first kappa shape index (κ1) is 16.7. The maximum absolute atomic E-state index is 13.2. The van der Waals surface area contributed by atoms with Gasteiger partial charge in [-0.2, -0.15) is 13.2 Å². The highest BCUT2D eigenvalue weighted by atomic mass is 79.9. The second-order valence-corrected chi connectivity index (χ2v) is 6.13. The van der Waals surface area contributed by atoms with Crippen LogP contribution in [0.25, 0.3) is 0 Å². The van der Waals surface area contributed by atoms with Crippen LogP contribution >= 0.6 is 15.9 Å². The molecule has 0 N–H and O–H groups in total. The molecule has 1 saturated carbocycles. The summed E-state index contributed by atoms with van der Waals surface area (Å²) in [5, 5.41) is 0.400. The minimum absolute atomic E-state index is 0.0300. The van der Waals surface area contributed by atoms with E-state index in [1.54, 1.807) is 6.07 Å². The lowest BCUT2D eigenvalue weighted by atomic mass is 9.84. The van der Waals surface area contributed by atoms with Crippen molar-refractivity contribution in [2.24, 2.45) is 5.92 Å². The van der Waals surface area contributed by atoms with Crippen LogP contribution in [0, 0.1) is 5.92 Å². The molecule has 2 atom stereocenters. The molecule has 1 aromatic carbocycles. The highest BCUT2D eigenvalue weighted by Crippen LogP contribution is 2.39. The molecule has 118 valence electrons. The minimum Gasteiger partial charge on any atom is -0.490 e. The van der Waals surface area contributed by atoms with Crippen molar-refractivity contribution < 1.29 is 17.9 Å². The fourth-order valence-electron chi connectivity index (χ4n) is 2.94. The molecule has 0 aromatic heterocycles. The summed E-state index contributed by atoms with van der Waals surface area (Å²) in [5.41, 5.74) is -0.0646. The van der Waals surface area contributed by atoms with Crippen LogP contribution < -0.4 is 4.74 Å². The van der Waals surface area contributed by atoms with Crippen LogP contribution in [0.2, 0.25) is 0 Å². The normalized spacial score (nSPS) is 23.1. The first-order chi connectivity index (χ1) is 9.95. The molecule has 0 aliphatic heterocycles. The molecule has 1 aliphatic carbocycles. The summed E-state index contributed by atoms with van der Waals surface area (Å²) in [7, 11) is 0. The van der Waals surface area contributed by atoms with Gasteiger partial charge in [0, 0.05) is 5.33 Å². The molecule has 0 heterocycles. The Morgan fingerprint density at radius 2 is 1.95 bits per heavy atom. The van der Waals surface area contributed by atoms with Crippen molar-refractivity contribution in [3.05, 3.63) is 29.3 Å². The molecule has 2 unspecified atom stereocenters. The molecule has 1 aliphatic rings. The van der Waals surface area contributed by atoms with Crippen LogP contribution in [-0.4, -0.2) is 6.10 Å². The summed E-state index contributed by atoms with van der Waals surface area (Å²) in [6.07, 6.45) is 0.530. The Hall–Kier alpha value is -0.710. The third-order valence-electron chi connectivity index (χ3n) is 4.15. The van der Waals surface area contributed by atoms with E-state index in [4.69, 9.17) is 4.74 Å². The number of ether oxygens (including phenoxy) is 1. The lowest BCUT2D eigenvalue weighted by Gasteiger charge is -2.32. The molecule has 1 nitrogen and oxygen atoms in total. The number of alkyl halides is 4. The molecule has 0 saturated heterocycles. The van der Waals surface area contributed by atoms with E-state index in [1.165, 1.54) is 12.1 Å². The first-order valence-electron chi connectivity index (χ1n) is 7.38. The minimum atomic E-state index is -4.39. The molecule has 0 bridgehead atoms. The summed E-state index contributed by atoms with van der Waals surface area (Å²) in [4.78, 5) is 0. The summed E-state index contributed by atoms with van der Waals surface area (Å²) < 4.78 is 45.4. The van der Waals surface area contributed by atoms with Gasteiger partial charge in [0.25, 0.3) is 0 Å². The van der Waals surface area contributed by atoms with Gasteiger partial charge in [-0.05, 0) is 49.3 Å². The smallest absolute Gasteiger partial charge is 0.419 e. The average molecular weight is 365 g/mol. The van der Waals surface area contributed by atoms with Gasteiger partial charge in [0.1, 0.15) is 11.9 Å². The van der Waals surface area contributed by atoms with Crippen molar-refractivity contribution in [1.29, 1.82) is 0 Å². The van der Waals surface area contributed by atoms with Crippen molar-refractivity contribution in [2.75, 3.05) is 0 Å². The number of hydrogen-bond donors (Lipinski definition) is 0. The molecule has 5 heteroatoms. The molecule has 21 heavy (non-hydrogen) atoms. The lowest BCUT2D eigenvalue weighted by molar-refractivity contribution is -0.139. The molecule has 0 spiro atoms. The highest BCUT2D eigenvalue weighted by Gasteiger charge is 2.36. The Morgan fingerprint density at radius 1 is 1.24 bits per heavy atom. The van der Waals surface area contributed by atoms with Crippen molar-refractivity contribution in [3.8, 4) is 5.75 Å². The lowest BCUT2D eigenvalue weighted by Crippen LogP contribution is -2.30. The number of rotatable bonds is 4. The Bertz CT molecular complexity index is 473. The standard InChI is InChI=1S/C16H20BrF3O/c1-2-12-5-3-4-6-14(12)21-15-8-7-11(10-17)9-13(15)16(18,19)20/h7-9,12,14H,2-6,10H2,1H3. The third-order valence-corrected chi connectivity index (χ3v) is 4.79. The van der Waals surface area contributed by atoms with Crippen molar-refractivity contribution >= 4 is 15.9 Å². The molecule has 1 aromatic rings. The van der Waals surface area contributed by atoms with Crippen molar-refractivity contribution in [1.82, 2.24) is 0 Å². The topological polar surface area (TPSA) is 9.23 Å². The van der Waals surface area contributed by atoms with Gasteiger partial charge in [0.15, 0.2) is 0 Å². The third kappa shape index (κ3) is 4.15. The Kier molecular flexibility index (Phi) is 5.58. The monoisotopic (exact) mass is 364 g/mol. The molecule has 1 fully saturated rings. The van der Waals surface area contributed by atoms with Crippen molar-refractivity contribution in [3.63, 3.8) is 0 Å². The van der Waals surface area contributed by atoms with Gasteiger partial charge < -0.3 is 4.74 Å². The van der Waals surface area contributed by atoms with Crippen LogP contribution in [-0.2, 0) is 11.5 Å². The zero-order chi connectivity index (χ0) is 15.5. The van der Waals surface area contributed by atoms with Gasteiger partial charge in [0.05, 0.1) is 5.56 Å². The predicted octanol–water partition coefficient (Wildman–Crippen LogP) is 5.95. The van der Waals surface area contributed by atoms with Gasteiger partial charge in [-0.15, -0.1) is 0 Å². The van der Waals surface area contributed by atoms with Crippen LogP contribution in [0.3, 0.4) is 0 Å². The van der Waals surface area contributed by atoms with Gasteiger partial charge in [0.2, 0.25) is 0 Å². The zero-order valence-corrected chi connectivity index (χ0v) is 13.6. The van der Waals surface area contributed by atoms with Crippen LogP contribution in [0.1, 0.15) is 50.2 Å².